The van der Waals surface area contributed by atoms with Gasteiger partial charge >= 0.3 is 0 Å². The Kier molecular flexibility index (Phi) is 8.68. The summed E-state index contributed by atoms with van der Waals surface area (Å²) in [5.41, 5.74) is 2.23. The molecule has 1 amide bonds. The minimum Gasteiger partial charge on any atom is -0.486 e. The predicted octanol–water partition coefficient (Wildman–Crippen LogP) is 8.89. The van der Waals surface area contributed by atoms with Crippen molar-refractivity contribution in [2.24, 2.45) is 4.99 Å². The number of amidine groups is 1. The third-order valence-electron chi connectivity index (χ3n) is 5.03. The van der Waals surface area contributed by atoms with Crippen LogP contribution in [0.2, 0.25) is 20.1 Å². The summed E-state index contributed by atoms with van der Waals surface area (Å²) in [5, 5.41) is 2.52. The predicted molar refractivity (Wildman–Crippen MR) is 148 cm³/mol. The third-order valence-corrected chi connectivity index (χ3v) is 7.22. The molecule has 1 fully saturated rings. The van der Waals surface area contributed by atoms with Crippen LogP contribution in [0, 0.1) is 0 Å². The van der Waals surface area contributed by atoms with Gasteiger partial charge in [-0.3, -0.25) is 9.69 Å². The van der Waals surface area contributed by atoms with E-state index in [4.69, 9.17) is 51.1 Å². The maximum Gasteiger partial charge on any atom is 0.266 e. The Morgan fingerprint density at radius 2 is 1.66 bits per heavy atom. The topological polar surface area (TPSA) is 41.9 Å². The van der Waals surface area contributed by atoms with Crippen LogP contribution in [0.25, 0.3) is 6.08 Å². The standard InChI is InChI=1S/C26H20Cl4N2O2S/c1-2-11-32-25(33)23(35-26(32)31-19-9-7-18(27)8-10-19)14-16-12-21(29)24(22(30)13-16)34-15-17-5-3-4-6-20(17)28/h3-10,12-14H,2,11,15H2,1H3/b23-14-,31-26?. The van der Waals surface area contributed by atoms with Crippen molar-refractivity contribution in [2.45, 2.75) is 20.0 Å². The highest BCUT2D eigenvalue weighted by molar-refractivity contribution is 8.18. The summed E-state index contributed by atoms with van der Waals surface area (Å²) >= 11 is 26.4. The molecule has 0 atom stereocenters. The largest absolute Gasteiger partial charge is 0.486 e. The van der Waals surface area contributed by atoms with Gasteiger partial charge in [0.15, 0.2) is 10.9 Å². The Hall–Kier alpha value is -2.15. The lowest BCUT2D eigenvalue weighted by atomic mass is 10.2. The first-order valence-electron chi connectivity index (χ1n) is 10.8. The van der Waals surface area contributed by atoms with Crippen LogP contribution in [0.5, 0.6) is 5.75 Å². The van der Waals surface area contributed by atoms with Crippen LogP contribution >= 0.6 is 58.2 Å². The van der Waals surface area contributed by atoms with E-state index in [1.54, 1.807) is 41.3 Å². The van der Waals surface area contributed by atoms with E-state index in [-0.39, 0.29) is 12.5 Å². The van der Waals surface area contributed by atoms with Gasteiger partial charge < -0.3 is 4.74 Å². The van der Waals surface area contributed by atoms with Crippen LogP contribution in [0.1, 0.15) is 24.5 Å². The van der Waals surface area contributed by atoms with Crippen LogP contribution in [-0.4, -0.2) is 22.5 Å². The molecule has 3 aromatic carbocycles. The molecule has 0 radical (unpaired) electrons. The summed E-state index contributed by atoms with van der Waals surface area (Å²) in [5.74, 6) is 0.245. The molecule has 9 heteroatoms. The Morgan fingerprint density at radius 3 is 2.31 bits per heavy atom. The van der Waals surface area contributed by atoms with E-state index in [2.05, 4.69) is 4.99 Å². The lowest BCUT2D eigenvalue weighted by molar-refractivity contribution is -0.122. The fraction of sp³-hybridized carbons (Fsp3) is 0.154. The number of hydrogen-bond donors (Lipinski definition) is 0. The van der Waals surface area contributed by atoms with Crippen LogP contribution in [0.15, 0.2) is 70.6 Å². The number of aliphatic imine (C=N–C) groups is 1. The zero-order valence-electron chi connectivity index (χ0n) is 18.6. The van der Waals surface area contributed by atoms with Gasteiger partial charge in [0.05, 0.1) is 20.6 Å². The van der Waals surface area contributed by atoms with Gasteiger partial charge in [0.1, 0.15) is 6.61 Å². The van der Waals surface area contributed by atoms with E-state index in [0.717, 1.165) is 17.7 Å². The molecule has 4 nitrogen and oxygen atoms in total. The average Bonchev–Trinajstić information content (AvgIpc) is 3.10. The molecule has 0 aliphatic carbocycles. The maximum absolute atomic E-state index is 13.1. The van der Waals surface area contributed by atoms with Crippen molar-refractivity contribution in [1.29, 1.82) is 0 Å². The van der Waals surface area contributed by atoms with Crippen LogP contribution in [0.3, 0.4) is 0 Å². The summed E-state index contributed by atoms with van der Waals surface area (Å²) in [6.45, 7) is 2.80. The minimum atomic E-state index is -0.115. The highest BCUT2D eigenvalue weighted by Crippen LogP contribution is 2.38. The highest BCUT2D eigenvalue weighted by Gasteiger charge is 2.32. The normalized spacial score (nSPS) is 15.9. The van der Waals surface area contributed by atoms with E-state index < -0.39 is 0 Å². The molecule has 1 saturated heterocycles. The quantitative estimate of drug-likeness (QED) is 0.268. The molecular formula is C26H20Cl4N2O2S. The number of halogens is 4. The molecule has 0 spiro atoms. The van der Waals surface area contributed by atoms with Gasteiger partial charge in [-0.1, -0.05) is 71.5 Å². The van der Waals surface area contributed by atoms with E-state index in [0.29, 0.717) is 48.0 Å². The lowest BCUT2D eigenvalue weighted by Crippen LogP contribution is -2.29. The van der Waals surface area contributed by atoms with Gasteiger partial charge in [-0.15, -0.1) is 0 Å². The molecule has 0 unspecified atom stereocenters. The second-order valence-corrected chi connectivity index (χ2v) is 10.3. The van der Waals surface area contributed by atoms with E-state index in [9.17, 15) is 4.79 Å². The molecule has 1 aliphatic heterocycles. The Morgan fingerprint density at radius 1 is 0.971 bits per heavy atom. The molecule has 4 rings (SSSR count). The van der Waals surface area contributed by atoms with Crippen LogP contribution < -0.4 is 4.74 Å². The number of ether oxygens (including phenoxy) is 1. The van der Waals surface area contributed by atoms with Crippen LogP contribution in [-0.2, 0) is 11.4 Å². The molecule has 1 aliphatic rings. The molecule has 1 heterocycles. The molecule has 0 N–H and O–H groups in total. The summed E-state index contributed by atoms with van der Waals surface area (Å²) < 4.78 is 5.84. The van der Waals surface area contributed by atoms with Gasteiger partial charge in [0.2, 0.25) is 0 Å². The fourth-order valence-corrected chi connectivity index (χ4v) is 5.31. The van der Waals surface area contributed by atoms with Crippen molar-refractivity contribution in [3.63, 3.8) is 0 Å². The van der Waals surface area contributed by atoms with Gasteiger partial charge in [-0.2, -0.15) is 0 Å². The van der Waals surface area contributed by atoms with E-state index >= 15 is 0 Å². The summed E-state index contributed by atoms with van der Waals surface area (Å²) in [6, 6.07) is 18.0. The third kappa shape index (κ3) is 6.35. The van der Waals surface area contributed by atoms with Crippen molar-refractivity contribution < 1.29 is 9.53 Å². The maximum atomic E-state index is 13.1. The first kappa shape index (κ1) is 25.9. The van der Waals surface area contributed by atoms with Gasteiger partial charge in [-0.25, -0.2) is 4.99 Å². The SMILES string of the molecule is CCCN1C(=O)/C(=C/c2cc(Cl)c(OCc3ccccc3Cl)c(Cl)c2)SC1=Nc1ccc(Cl)cc1. The zero-order valence-corrected chi connectivity index (χ0v) is 22.4. The highest BCUT2D eigenvalue weighted by atomic mass is 35.5. The van der Waals surface area contributed by atoms with Gasteiger partial charge in [0, 0.05) is 22.2 Å². The molecule has 0 bridgehead atoms. The zero-order chi connectivity index (χ0) is 24.9. The smallest absolute Gasteiger partial charge is 0.266 e. The summed E-state index contributed by atoms with van der Waals surface area (Å²) in [6.07, 6.45) is 2.56. The first-order chi connectivity index (χ1) is 16.9. The minimum absolute atomic E-state index is 0.115. The second kappa shape index (κ2) is 11.7. The molecule has 35 heavy (non-hydrogen) atoms. The number of amides is 1. The number of hydrogen-bond acceptors (Lipinski definition) is 4. The second-order valence-electron chi connectivity index (χ2n) is 7.63. The summed E-state index contributed by atoms with van der Waals surface area (Å²) in [7, 11) is 0. The molecule has 0 saturated carbocycles. The number of nitrogens with zero attached hydrogens (tertiary/aromatic N) is 2. The van der Waals surface area contributed by atoms with Crippen molar-refractivity contribution in [3.8, 4) is 5.75 Å². The number of benzene rings is 3. The van der Waals surface area contributed by atoms with Gasteiger partial charge in [0.25, 0.3) is 5.91 Å². The molecule has 0 aromatic heterocycles. The number of carbonyl (C=O) groups excluding carboxylic acids is 1. The number of carbonyl (C=O) groups is 1. The molecule has 3 aromatic rings. The Labute approximate surface area is 228 Å². The van der Waals surface area contributed by atoms with Crippen molar-refractivity contribution >= 4 is 81.0 Å². The molecule has 180 valence electrons. The lowest BCUT2D eigenvalue weighted by Gasteiger charge is -2.14. The average molecular weight is 566 g/mol. The Balaban J connectivity index is 1.57. The van der Waals surface area contributed by atoms with E-state index in [1.807, 2.05) is 37.3 Å². The van der Waals surface area contributed by atoms with Crippen molar-refractivity contribution in [3.05, 3.63) is 96.8 Å². The van der Waals surface area contributed by atoms with Gasteiger partial charge in [-0.05, 0) is 72.3 Å². The fourth-order valence-electron chi connectivity index (χ4n) is 3.36. The summed E-state index contributed by atoms with van der Waals surface area (Å²) in [4.78, 5) is 20.0. The van der Waals surface area contributed by atoms with Crippen molar-refractivity contribution in [2.75, 3.05) is 6.54 Å². The molecular weight excluding hydrogens is 546 g/mol. The Bertz CT molecular complexity index is 1290. The number of thioether (sulfide) groups is 1. The van der Waals surface area contributed by atoms with Crippen LogP contribution in [0.4, 0.5) is 5.69 Å². The number of rotatable bonds is 7. The first-order valence-corrected chi connectivity index (χ1v) is 13.1. The van der Waals surface area contributed by atoms with E-state index in [1.165, 1.54) is 11.8 Å². The van der Waals surface area contributed by atoms with Crippen molar-refractivity contribution in [1.82, 2.24) is 4.90 Å². The monoisotopic (exact) mass is 564 g/mol.